The van der Waals surface area contributed by atoms with Crippen LogP contribution < -0.4 is 4.90 Å². The van der Waals surface area contributed by atoms with E-state index in [1.807, 2.05) is 48.5 Å². The summed E-state index contributed by atoms with van der Waals surface area (Å²) in [6, 6.07) is 37.5. The van der Waals surface area contributed by atoms with Crippen LogP contribution in [0.5, 0.6) is 0 Å². The van der Waals surface area contributed by atoms with Gasteiger partial charge in [-0.1, -0.05) is 12.1 Å². The van der Waals surface area contributed by atoms with Crippen LogP contribution in [0.15, 0.2) is 115 Å². The van der Waals surface area contributed by atoms with Crippen LogP contribution in [0.3, 0.4) is 0 Å². The van der Waals surface area contributed by atoms with E-state index in [0.717, 1.165) is 27.1 Å². The first kappa shape index (κ1) is 23.6. The number of anilines is 3. The summed E-state index contributed by atoms with van der Waals surface area (Å²) in [6.45, 7) is 7.04. The van der Waals surface area contributed by atoms with Crippen LogP contribution in [0.25, 0.3) is 30.7 Å². The van der Waals surface area contributed by atoms with Crippen molar-refractivity contribution >= 4 is 54.9 Å². The van der Waals surface area contributed by atoms with Crippen molar-refractivity contribution in [1.29, 1.82) is 0 Å². The fourth-order valence-corrected chi connectivity index (χ4v) is 7.07. The van der Waals surface area contributed by atoms with Gasteiger partial charge in [-0.2, -0.15) is 0 Å². The van der Waals surface area contributed by atoms with E-state index in [2.05, 4.69) is 70.4 Å². The van der Waals surface area contributed by atoms with Gasteiger partial charge in [0.2, 0.25) is 0 Å². The van der Waals surface area contributed by atoms with Crippen LogP contribution in [0.4, 0.5) is 17.1 Å². The number of aliphatic carboxylic acids is 1. The molecule has 0 aliphatic rings. The Morgan fingerprint density at radius 1 is 0.778 bits per heavy atom. The number of benzene rings is 3. The van der Waals surface area contributed by atoms with Crippen LogP contribution in [0.1, 0.15) is 4.44 Å². The van der Waals surface area contributed by atoms with Gasteiger partial charge in [-0.3, -0.25) is 0 Å². The number of thiophene rings is 1. The summed E-state index contributed by atoms with van der Waals surface area (Å²) >= 11 is 1.70. The molecule has 0 bridgehead atoms. The second-order valence-electron chi connectivity index (χ2n) is 7.87. The maximum absolute atomic E-state index is 11.1. The maximum atomic E-state index is 11.1. The van der Waals surface area contributed by atoms with E-state index >= 15 is 0 Å². The second kappa shape index (κ2) is 10.6. The summed E-state index contributed by atoms with van der Waals surface area (Å²) in [5, 5.41) is 9.11. The molecule has 6 heteroatoms. The molecule has 0 fully saturated rings. The van der Waals surface area contributed by atoms with Crippen LogP contribution in [-0.4, -0.2) is 25.6 Å². The van der Waals surface area contributed by atoms with Crippen molar-refractivity contribution in [3.05, 3.63) is 131 Å². The zero-order chi connectivity index (χ0) is 24.9. The molecule has 2 heterocycles. The average Bonchev–Trinajstić information content (AvgIpc) is 3.59. The first-order chi connectivity index (χ1) is 17.6. The van der Waals surface area contributed by atoms with Crippen molar-refractivity contribution < 1.29 is 9.90 Å². The Labute approximate surface area is 219 Å². The quantitative estimate of drug-likeness (QED) is 0.127. The molecule has 4 nitrogen and oxygen atoms in total. The van der Waals surface area contributed by atoms with Crippen molar-refractivity contribution in [2.45, 2.75) is 0 Å². The number of carboxylic acid groups (broad SMARTS) is 1. The Morgan fingerprint density at radius 2 is 1.36 bits per heavy atom. The summed E-state index contributed by atoms with van der Waals surface area (Å²) in [5.41, 5.74) is 4.20. The predicted octanol–water partition coefficient (Wildman–Crippen LogP) is 7.95. The van der Waals surface area contributed by atoms with Crippen LogP contribution in [0.2, 0.25) is 0 Å². The number of rotatable bonds is 7. The molecule has 174 valence electrons. The Kier molecular flexibility index (Phi) is 6.97. The summed E-state index contributed by atoms with van der Waals surface area (Å²) in [4.78, 5) is 18.8. The molecule has 1 N–H and O–H groups in total. The second-order valence-corrected chi connectivity index (χ2v) is 11.3. The van der Waals surface area contributed by atoms with E-state index in [9.17, 15) is 4.79 Å². The van der Waals surface area contributed by atoms with Crippen molar-refractivity contribution in [3.63, 3.8) is 0 Å². The van der Waals surface area contributed by atoms with Gasteiger partial charge in [0.25, 0.3) is 0 Å². The molecular weight excluding hydrogens is 531 g/mol. The van der Waals surface area contributed by atoms with Crippen LogP contribution >= 0.6 is 11.3 Å². The Hall–Kier alpha value is -4.14. The molecule has 5 rings (SSSR count). The van der Waals surface area contributed by atoms with Gasteiger partial charge in [0.1, 0.15) is 0 Å². The van der Waals surface area contributed by atoms with Gasteiger partial charge in [0, 0.05) is 0 Å². The standard InChI is InChI=1S/C30H20N2O2SSe/c1-31-26(30(33)34)20-25-16-19-29(36-25)28-18-17-27(35-28)21-12-14-24(15-13-21)32(22-8-4-2-5-9-22)23-10-6-3-7-11-23/h2-20H,(H,33,34)/b26-20-. The Balaban J connectivity index is 1.41. The number of carbonyl (C=O) groups is 1. The van der Waals surface area contributed by atoms with Gasteiger partial charge in [-0.25, -0.2) is 0 Å². The summed E-state index contributed by atoms with van der Waals surface area (Å²) in [7, 11) is 0. The molecule has 0 aliphatic heterocycles. The van der Waals surface area contributed by atoms with Crippen molar-refractivity contribution in [1.82, 2.24) is 0 Å². The van der Waals surface area contributed by atoms with E-state index in [0.29, 0.717) is 0 Å². The minimum atomic E-state index is -1.19. The van der Waals surface area contributed by atoms with E-state index in [1.54, 1.807) is 11.3 Å². The third-order valence-electron chi connectivity index (χ3n) is 5.53. The number of hydrogen-bond donors (Lipinski definition) is 1. The molecule has 3 aromatic carbocycles. The summed E-state index contributed by atoms with van der Waals surface area (Å²) in [5.74, 6) is -1.19. The first-order valence-corrected chi connectivity index (χ1v) is 13.7. The fraction of sp³-hybridized carbons (Fsp3) is 0. The van der Waals surface area contributed by atoms with E-state index in [-0.39, 0.29) is 20.2 Å². The van der Waals surface area contributed by atoms with E-state index in [4.69, 9.17) is 11.7 Å². The molecule has 0 unspecified atom stereocenters. The zero-order valence-electron chi connectivity index (χ0n) is 19.0. The van der Waals surface area contributed by atoms with Gasteiger partial charge >= 0.3 is 208 Å². The Bertz CT molecular complexity index is 1520. The Morgan fingerprint density at radius 3 is 1.94 bits per heavy atom. The monoisotopic (exact) mass is 552 g/mol. The summed E-state index contributed by atoms with van der Waals surface area (Å²) in [6.07, 6.45) is 1.48. The number of para-hydroxylation sites is 2. The molecule has 0 aliphatic carbocycles. The molecular formula is C30H20N2O2SSe. The molecule has 36 heavy (non-hydrogen) atoms. The average molecular weight is 552 g/mol. The first-order valence-electron chi connectivity index (χ1n) is 11.2. The van der Waals surface area contributed by atoms with Crippen molar-refractivity contribution in [2.75, 3.05) is 4.90 Å². The predicted molar refractivity (Wildman–Crippen MR) is 149 cm³/mol. The number of carboxylic acids is 1. The molecule has 5 aromatic rings. The van der Waals surface area contributed by atoms with E-state index < -0.39 is 5.97 Å². The molecule has 0 saturated carbocycles. The van der Waals surface area contributed by atoms with E-state index in [1.165, 1.54) is 20.3 Å². The van der Waals surface area contributed by atoms with Crippen molar-refractivity contribution in [3.8, 4) is 19.8 Å². The topological polar surface area (TPSA) is 44.9 Å². The summed E-state index contributed by atoms with van der Waals surface area (Å²) < 4.78 is 2.09. The third-order valence-corrected chi connectivity index (χ3v) is 9.23. The number of nitrogens with zero attached hydrogens (tertiary/aromatic N) is 2. The van der Waals surface area contributed by atoms with Gasteiger partial charge in [0.05, 0.1) is 0 Å². The normalized spacial score (nSPS) is 11.1. The zero-order valence-corrected chi connectivity index (χ0v) is 21.6. The fourth-order valence-electron chi connectivity index (χ4n) is 3.84. The molecule has 0 radical (unpaired) electrons. The van der Waals surface area contributed by atoms with Gasteiger partial charge in [-0.15, -0.1) is 0 Å². The SMILES string of the molecule is [C-]#[N+]/C(=C\c1ccc(-c2ccc(-c3ccc(N(c4ccccc4)c4ccccc4)cc3)s2)[se]1)C(=O)O. The van der Waals surface area contributed by atoms with Crippen molar-refractivity contribution in [2.24, 2.45) is 0 Å². The minimum absolute atomic E-state index is 0.0246. The molecule has 0 saturated heterocycles. The molecule has 0 amide bonds. The van der Waals surface area contributed by atoms with Crippen LogP contribution in [-0.2, 0) is 4.79 Å². The third kappa shape index (κ3) is 5.10. The number of hydrogen-bond acceptors (Lipinski definition) is 3. The molecule has 0 atom stereocenters. The van der Waals surface area contributed by atoms with Crippen LogP contribution in [0, 0.1) is 6.57 Å². The van der Waals surface area contributed by atoms with Gasteiger partial charge in [-0.05, 0) is 0 Å². The van der Waals surface area contributed by atoms with Gasteiger partial charge in [0.15, 0.2) is 0 Å². The molecule has 0 spiro atoms. The molecule has 2 aromatic heterocycles. The van der Waals surface area contributed by atoms with Gasteiger partial charge < -0.3 is 0 Å².